The van der Waals surface area contributed by atoms with Crippen LogP contribution in [0.5, 0.6) is 0 Å². The first-order valence-electron chi connectivity index (χ1n) is 13.9. The van der Waals surface area contributed by atoms with Crippen molar-refractivity contribution in [3.05, 3.63) is 72.1 Å². The molecule has 4 atom stereocenters. The van der Waals surface area contributed by atoms with E-state index < -0.39 is 48.6 Å². The normalized spacial score (nSPS) is 17.2. The second-order valence-electron chi connectivity index (χ2n) is 10.6. The molecule has 8 N–H and O–H groups in total. The van der Waals surface area contributed by atoms with Gasteiger partial charge >= 0.3 is 5.97 Å². The smallest absolute Gasteiger partial charge is 0.326 e. The molecule has 0 aliphatic carbocycles. The zero-order valence-corrected chi connectivity index (χ0v) is 22.9. The Kier molecular flexibility index (Phi) is 8.55. The van der Waals surface area contributed by atoms with Crippen LogP contribution in [0, 0.1) is 0 Å². The van der Waals surface area contributed by atoms with Crippen molar-refractivity contribution in [3.63, 3.8) is 0 Å². The number of rotatable bonds is 11. The number of aliphatic hydroxyl groups is 1. The zero-order valence-electron chi connectivity index (χ0n) is 22.9. The predicted octanol–water partition coefficient (Wildman–Crippen LogP) is 0.799. The summed E-state index contributed by atoms with van der Waals surface area (Å²) in [4.78, 5) is 59.1. The summed E-state index contributed by atoms with van der Waals surface area (Å²) in [6, 6.07) is 10.6. The summed E-state index contributed by atoms with van der Waals surface area (Å²) in [5, 5.41) is 26.4. The van der Waals surface area contributed by atoms with Crippen LogP contribution in [-0.4, -0.2) is 86.1 Å². The minimum atomic E-state index is -1.40. The molecule has 0 spiro atoms. The highest BCUT2D eigenvalue weighted by molar-refractivity contribution is 5.95. The minimum absolute atomic E-state index is 0.00357. The number of carbonyl (C=O) groups excluding carboxylic acids is 3. The molecule has 42 heavy (non-hydrogen) atoms. The number of aliphatic carboxylic acids is 1. The highest BCUT2D eigenvalue weighted by Gasteiger charge is 2.38. The molecule has 12 nitrogen and oxygen atoms in total. The van der Waals surface area contributed by atoms with E-state index in [2.05, 4.69) is 20.6 Å². The molecule has 5 rings (SSSR count). The number of hydrogen-bond acceptors (Lipinski definition) is 6. The monoisotopic (exact) mass is 574 g/mol. The summed E-state index contributed by atoms with van der Waals surface area (Å²) in [7, 11) is 0. The van der Waals surface area contributed by atoms with E-state index in [4.69, 9.17) is 5.73 Å². The topological polar surface area (TPSA) is 194 Å². The number of carboxylic acids is 1. The van der Waals surface area contributed by atoms with E-state index in [0.29, 0.717) is 24.9 Å². The average Bonchev–Trinajstić information content (AvgIpc) is 3.74. The summed E-state index contributed by atoms with van der Waals surface area (Å²) in [5.41, 5.74) is 9.65. The summed E-state index contributed by atoms with van der Waals surface area (Å²) in [5.74, 6) is -3.09. The molecule has 2 aromatic heterocycles. The highest BCUT2D eigenvalue weighted by Crippen LogP contribution is 2.23. The Morgan fingerprint density at radius 3 is 2.10 bits per heavy atom. The van der Waals surface area contributed by atoms with Crippen LogP contribution in [0.4, 0.5) is 0 Å². The number of benzene rings is 2. The van der Waals surface area contributed by atoms with Gasteiger partial charge in [0.1, 0.15) is 18.1 Å². The Morgan fingerprint density at radius 1 is 0.905 bits per heavy atom. The Morgan fingerprint density at radius 2 is 1.50 bits per heavy atom. The van der Waals surface area contributed by atoms with Crippen molar-refractivity contribution in [2.45, 2.75) is 49.9 Å². The number of aliphatic hydroxyl groups excluding tert-OH is 1. The first-order chi connectivity index (χ1) is 20.3. The van der Waals surface area contributed by atoms with E-state index in [1.54, 1.807) is 6.20 Å². The maximum Gasteiger partial charge on any atom is 0.326 e. The lowest BCUT2D eigenvalue weighted by molar-refractivity contribution is -0.143. The van der Waals surface area contributed by atoms with Crippen molar-refractivity contribution >= 4 is 45.5 Å². The van der Waals surface area contributed by atoms with Crippen LogP contribution in [0.1, 0.15) is 24.0 Å². The van der Waals surface area contributed by atoms with Crippen molar-refractivity contribution in [3.8, 4) is 0 Å². The third-order valence-corrected chi connectivity index (χ3v) is 7.80. The zero-order chi connectivity index (χ0) is 29.8. The second-order valence-corrected chi connectivity index (χ2v) is 10.6. The number of carboxylic acid groups (broad SMARTS) is 1. The molecule has 4 unspecified atom stereocenters. The standard InChI is InChI=1S/C30H34N6O6/c31-21(12-17-14-32-22-8-3-1-6-19(17)22)29(40)36-11-5-10-26(36)28(39)35-25(16-37)27(38)34-24(30(41)42)13-18-15-33-23-9-4-2-7-20(18)23/h1-4,6-9,14-15,21,24-26,32-33,37H,5,10-13,16,31H2,(H,34,38)(H,35,39)(H,41,42). The molecular formula is C30H34N6O6. The second kappa shape index (κ2) is 12.5. The number of nitrogens with one attached hydrogen (secondary N) is 4. The fourth-order valence-corrected chi connectivity index (χ4v) is 5.60. The molecule has 0 radical (unpaired) electrons. The van der Waals surface area contributed by atoms with Gasteiger partial charge in [0.15, 0.2) is 0 Å². The molecule has 3 amide bonds. The third-order valence-electron chi connectivity index (χ3n) is 7.80. The van der Waals surface area contributed by atoms with Crippen molar-refractivity contribution in [2.75, 3.05) is 13.2 Å². The molecule has 2 aromatic carbocycles. The number of amides is 3. The number of hydrogen-bond donors (Lipinski definition) is 7. The van der Waals surface area contributed by atoms with Gasteiger partial charge < -0.3 is 41.4 Å². The van der Waals surface area contributed by atoms with Gasteiger partial charge in [-0.1, -0.05) is 36.4 Å². The number of nitrogens with two attached hydrogens (primary N) is 1. The number of para-hydroxylation sites is 2. The number of aromatic amines is 2. The molecule has 1 aliphatic rings. The van der Waals surface area contributed by atoms with Gasteiger partial charge in [0.05, 0.1) is 12.6 Å². The molecule has 0 bridgehead atoms. The van der Waals surface area contributed by atoms with Crippen LogP contribution >= 0.6 is 0 Å². The van der Waals surface area contributed by atoms with Crippen molar-refractivity contribution < 1.29 is 29.4 Å². The van der Waals surface area contributed by atoms with Gasteiger partial charge in [0.25, 0.3) is 0 Å². The fraction of sp³-hybridized carbons (Fsp3) is 0.333. The number of fused-ring (bicyclic) bond motifs is 2. The maximum atomic E-state index is 13.3. The van der Waals surface area contributed by atoms with E-state index in [0.717, 1.165) is 27.4 Å². The van der Waals surface area contributed by atoms with Gasteiger partial charge in [-0.25, -0.2) is 4.79 Å². The number of H-pyrrole nitrogens is 2. The van der Waals surface area contributed by atoms with E-state index in [9.17, 15) is 29.4 Å². The van der Waals surface area contributed by atoms with Gasteiger partial charge in [-0.05, 0) is 42.5 Å². The highest BCUT2D eigenvalue weighted by atomic mass is 16.4. The molecule has 3 heterocycles. The minimum Gasteiger partial charge on any atom is -0.480 e. The summed E-state index contributed by atoms with van der Waals surface area (Å²) >= 11 is 0. The Balaban J connectivity index is 1.21. The van der Waals surface area contributed by atoms with Gasteiger partial charge in [0, 0.05) is 47.2 Å². The number of aromatic nitrogens is 2. The van der Waals surface area contributed by atoms with Crippen molar-refractivity contribution in [2.24, 2.45) is 5.73 Å². The molecule has 220 valence electrons. The molecule has 1 aliphatic heterocycles. The number of likely N-dealkylation sites (tertiary alicyclic amines) is 1. The number of carbonyl (C=O) groups is 4. The first-order valence-corrected chi connectivity index (χ1v) is 13.9. The molecule has 1 saturated heterocycles. The lowest BCUT2D eigenvalue weighted by Gasteiger charge is -2.28. The van der Waals surface area contributed by atoms with E-state index in [-0.39, 0.29) is 18.7 Å². The molecule has 0 saturated carbocycles. The van der Waals surface area contributed by atoms with Crippen LogP contribution in [0.2, 0.25) is 0 Å². The lowest BCUT2D eigenvalue weighted by atomic mass is 10.0. The van der Waals surface area contributed by atoms with E-state index in [1.807, 2.05) is 54.7 Å². The summed E-state index contributed by atoms with van der Waals surface area (Å²) < 4.78 is 0. The van der Waals surface area contributed by atoms with E-state index in [1.165, 1.54) is 4.90 Å². The Hall–Kier alpha value is -4.68. The van der Waals surface area contributed by atoms with Crippen LogP contribution in [0.25, 0.3) is 21.8 Å². The van der Waals surface area contributed by atoms with Gasteiger partial charge in [-0.2, -0.15) is 0 Å². The Bertz CT molecular complexity index is 1610. The van der Waals surface area contributed by atoms with Crippen LogP contribution in [-0.2, 0) is 32.0 Å². The molecule has 4 aromatic rings. The predicted molar refractivity (Wildman–Crippen MR) is 155 cm³/mol. The lowest BCUT2D eigenvalue weighted by Crippen LogP contribution is -2.58. The van der Waals surface area contributed by atoms with Gasteiger partial charge in [-0.3, -0.25) is 14.4 Å². The average molecular weight is 575 g/mol. The third kappa shape index (κ3) is 5.99. The van der Waals surface area contributed by atoms with E-state index >= 15 is 0 Å². The number of nitrogens with zero attached hydrogens (tertiary/aromatic N) is 1. The van der Waals surface area contributed by atoms with Crippen molar-refractivity contribution in [1.29, 1.82) is 0 Å². The first kappa shape index (κ1) is 28.8. The molecule has 1 fully saturated rings. The largest absolute Gasteiger partial charge is 0.480 e. The van der Waals surface area contributed by atoms with Gasteiger partial charge in [0.2, 0.25) is 17.7 Å². The SMILES string of the molecule is NC(Cc1c[nH]c2ccccc12)C(=O)N1CCCC1C(=O)NC(CO)C(=O)NC(Cc1c[nH]c2ccccc12)C(=O)O. The summed E-state index contributed by atoms with van der Waals surface area (Å²) in [6.07, 6.45) is 4.73. The van der Waals surface area contributed by atoms with Gasteiger partial charge in [-0.15, -0.1) is 0 Å². The molecule has 12 heteroatoms. The Labute approximate surface area is 241 Å². The van der Waals surface area contributed by atoms with Crippen molar-refractivity contribution in [1.82, 2.24) is 25.5 Å². The fourth-order valence-electron chi connectivity index (χ4n) is 5.60. The van der Waals surface area contributed by atoms with Crippen LogP contribution < -0.4 is 16.4 Å². The van der Waals surface area contributed by atoms with Crippen LogP contribution in [0.15, 0.2) is 60.9 Å². The van der Waals surface area contributed by atoms with Crippen LogP contribution in [0.3, 0.4) is 0 Å². The quantitative estimate of drug-likeness (QED) is 0.138. The maximum absolute atomic E-state index is 13.3. The summed E-state index contributed by atoms with van der Waals surface area (Å²) in [6.45, 7) is -0.419. The molecular weight excluding hydrogens is 540 g/mol.